The average molecular weight is 340 g/mol. The number of nitrogens with zero attached hydrogens (tertiary/aromatic N) is 1. The molecule has 7 nitrogen and oxygen atoms in total. The lowest BCUT2D eigenvalue weighted by Gasteiger charge is -2.21. The number of carbonyl (C=O) groups is 3. The lowest BCUT2D eigenvalue weighted by Crippen LogP contribution is -2.51. The van der Waals surface area contributed by atoms with Gasteiger partial charge in [-0.05, 0) is 6.07 Å². The SMILES string of the molecule is O=C1CNC(=O)C(c2csc(C(=O)c3c[nH]c4ccccc34)n2)N1. The number of piperazine rings is 1. The summed E-state index contributed by atoms with van der Waals surface area (Å²) in [4.78, 5) is 43.3. The zero-order chi connectivity index (χ0) is 16.7. The van der Waals surface area contributed by atoms with Gasteiger partial charge in [0, 0.05) is 22.5 Å². The summed E-state index contributed by atoms with van der Waals surface area (Å²) in [6.07, 6.45) is 1.66. The second-order valence-electron chi connectivity index (χ2n) is 5.37. The van der Waals surface area contributed by atoms with E-state index in [9.17, 15) is 14.4 Å². The minimum absolute atomic E-state index is 0.0411. The predicted octanol–water partition coefficient (Wildman–Crippen LogP) is 1.14. The molecule has 0 bridgehead atoms. The molecule has 1 unspecified atom stereocenters. The smallest absolute Gasteiger partial charge is 0.249 e. The highest BCUT2D eigenvalue weighted by Crippen LogP contribution is 2.24. The third kappa shape index (κ3) is 2.37. The first-order chi connectivity index (χ1) is 11.6. The third-order valence-electron chi connectivity index (χ3n) is 3.84. The molecule has 4 rings (SSSR count). The number of hydrogen-bond acceptors (Lipinski definition) is 5. The van der Waals surface area contributed by atoms with Crippen LogP contribution >= 0.6 is 11.3 Å². The highest BCUT2D eigenvalue weighted by atomic mass is 32.1. The van der Waals surface area contributed by atoms with E-state index in [-0.39, 0.29) is 29.1 Å². The highest BCUT2D eigenvalue weighted by Gasteiger charge is 2.30. The van der Waals surface area contributed by atoms with Gasteiger partial charge in [0.25, 0.3) is 0 Å². The lowest BCUT2D eigenvalue weighted by atomic mass is 10.1. The second-order valence-corrected chi connectivity index (χ2v) is 6.23. The summed E-state index contributed by atoms with van der Waals surface area (Å²) in [6.45, 7) is -0.0411. The summed E-state index contributed by atoms with van der Waals surface area (Å²) in [6, 6.07) is 6.65. The van der Waals surface area contributed by atoms with Gasteiger partial charge in [0.05, 0.1) is 17.8 Å². The summed E-state index contributed by atoms with van der Waals surface area (Å²) in [5.41, 5.74) is 1.77. The zero-order valence-corrected chi connectivity index (χ0v) is 13.1. The van der Waals surface area contributed by atoms with Crippen LogP contribution in [0.3, 0.4) is 0 Å². The number of aromatic amines is 1. The van der Waals surface area contributed by atoms with Gasteiger partial charge in [-0.2, -0.15) is 0 Å². The number of nitrogens with one attached hydrogen (secondary N) is 3. The molecule has 1 saturated heterocycles. The summed E-state index contributed by atoms with van der Waals surface area (Å²) in [5.74, 6) is -0.825. The van der Waals surface area contributed by atoms with Crippen LogP contribution in [0.25, 0.3) is 10.9 Å². The number of fused-ring (bicyclic) bond motifs is 1. The lowest BCUT2D eigenvalue weighted by molar-refractivity contribution is -0.133. The zero-order valence-electron chi connectivity index (χ0n) is 12.3. The van der Waals surface area contributed by atoms with Crippen LogP contribution < -0.4 is 10.6 Å². The number of thiazole rings is 1. The van der Waals surface area contributed by atoms with Crippen molar-refractivity contribution >= 4 is 39.8 Å². The fourth-order valence-electron chi connectivity index (χ4n) is 2.65. The topological polar surface area (TPSA) is 104 Å². The van der Waals surface area contributed by atoms with Crippen LogP contribution in [0.5, 0.6) is 0 Å². The van der Waals surface area contributed by atoms with Gasteiger partial charge < -0.3 is 15.6 Å². The number of hydrogen-bond donors (Lipinski definition) is 3. The Labute approximate surface area is 140 Å². The minimum atomic E-state index is -0.855. The normalized spacial score (nSPS) is 17.6. The molecule has 1 atom stereocenters. The Hall–Kier alpha value is -3.00. The van der Waals surface area contributed by atoms with E-state index in [1.807, 2.05) is 24.3 Å². The molecule has 8 heteroatoms. The fourth-order valence-corrected chi connectivity index (χ4v) is 3.45. The van der Waals surface area contributed by atoms with Crippen molar-refractivity contribution in [1.29, 1.82) is 0 Å². The van der Waals surface area contributed by atoms with Crippen molar-refractivity contribution in [2.75, 3.05) is 6.54 Å². The molecule has 2 aromatic heterocycles. The molecule has 120 valence electrons. The molecule has 1 aromatic carbocycles. The molecule has 24 heavy (non-hydrogen) atoms. The number of amides is 2. The van der Waals surface area contributed by atoms with Crippen molar-refractivity contribution in [3.8, 4) is 0 Å². The number of benzene rings is 1. The first-order valence-electron chi connectivity index (χ1n) is 7.27. The fraction of sp³-hybridized carbons (Fsp3) is 0.125. The maximum Gasteiger partial charge on any atom is 0.249 e. The van der Waals surface area contributed by atoms with E-state index in [2.05, 4.69) is 20.6 Å². The monoisotopic (exact) mass is 340 g/mol. The Balaban J connectivity index is 1.66. The molecule has 0 aliphatic carbocycles. The molecule has 2 amide bonds. The average Bonchev–Trinajstić information content (AvgIpc) is 3.23. The molecule has 3 aromatic rings. The van der Waals surface area contributed by atoms with Gasteiger partial charge in [0.1, 0.15) is 0 Å². The third-order valence-corrected chi connectivity index (χ3v) is 4.70. The van der Waals surface area contributed by atoms with Gasteiger partial charge in [0.2, 0.25) is 17.6 Å². The molecule has 3 heterocycles. The van der Waals surface area contributed by atoms with Crippen LogP contribution in [-0.4, -0.2) is 34.1 Å². The first kappa shape index (κ1) is 14.6. The van der Waals surface area contributed by atoms with Crippen molar-refractivity contribution in [3.05, 3.63) is 52.1 Å². The predicted molar refractivity (Wildman–Crippen MR) is 87.7 cm³/mol. The molecule has 1 aliphatic rings. The number of aromatic nitrogens is 2. The van der Waals surface area contributed by atoms with E-state index in [4.69, 9.17) is 0 Å². The maximum absolute atomic E-state index is 12.7. The van der Waals surface area contributed by atoms with Gasteiger partial charge in [0.15, 0.2) is 11.0 Å². The molecule has 0 saturated carbocycles. The van der Waals surface area contributed by atoms with Crippen LogP contribution in [-0.2, 0) is 9.59 Å². The Bertz CT molecular complexity index is 975. The van der Waals surface area contributed by atoms with Crippen molar-refractivity contribution < 1.29 is 14.4 Å². The molecular weight excluding hydrogens is 328 g/mol. The van der Waals surface area contributed by atoms with Gasteiger partial charge in [-0.1, -0.05) is 18.2 Å². The quantitative estimate of drug-likeness (QED) is 0.622. The Morgan fingerprint density at radius 1 is 1.25 bits per heavy atom. The molecular formula is C16H12N4O3S. The van der Waals surface area contributed by atoms with E-state index < -0.39 is 6.04 Å². The van der Waals surface area contributed by atoms with Crippen molar-refractivity contribution in [1.82, 2.24) is 20.6 Å². The second kappa shape index (κ2) is 5.57. The Kier molecular flexibility index (Phi) is 3.39. The number of carbonyl (C=O) groups excluding carboxylic acids is 3. The van der Waals surface area contributed by atoms with Gasteiger partial charge in [-0.3, -0.25) is 14.4 Å². The van der Waals surface area contributed by atoms with Gasteiger partial charge in [-0.15, -0.1) is 11.3 Å². The van der Waals surface area contributed by atoms with E-state index in [0.29, 0.717) is 11.3 Å². The first-order valence-corrected chi connectivity index (χ1v) is 8.15. The van der Waals surface area contributed by atoms with Crippen LogP contribution in [0.1, 0.15) is 27.1 Å². The van der Waals surface area contributed by atoms with E-state index in [1.165, 1.54) is 0 Å². The molecule has 1 aliphatic heterocycles. The van der Waals surface area contributed by atoms with Crippen LogP contribution in [0.2, 0.25) is 0 Å². The highest BCUT2D eigenvalue weighted by molar-refractivity contribution is 7.12. The number of ketones is 1. The van der Waals surface area contributed by atoms with Crippen molar-refractivity contribution in [3.63, 3.8) is 0 Å². The van der Waals surface area contributed by atoms with E-state index in [0.717, 1.165) is 22.2 Å². The summed E-state index contributed by atoms with van der Waals surface area (Å²) in [7, 11) is 0. The van der Waals surface area contributed by atoms with Gasteiger partial charge >= 0.3 is 0 Å². The Morgan fingerprint density at radius 2 is 2.08 bits per heavy atom. The molecule has 0 radical (unpaired) electrons. The minimum Gasteiger partial charge on any atom is -0.360 e. The number of H-pyrrole nitrogens is 1. The van der Waals surface area contributed by atoms with Gasteiger partial charge in [-0.25, -0.2) is 4.98 Å². The van der Waals surface area contributed by atoms with E-state index >= 15 is 0 Å². The molecule has 3 N–H and O–H groups in total. The number of para-hydroxylation sites is 1. The number of rotatable bonds is 3. The summed E-state index contributed by atoms with van der Waals surface area (Å²) >= 11 is 1.16. The standard InChI is InChI=1S/C16H12N4O3S/c21-12-6-18-15(23)13(20-12)11-7-24-16(19-11)14(22)9-5-17-10-4-2-1-3-8(9)10/h1-5,7,13,17H,6H2,(H,18,23)(H,20,21). The summed E-state index contributed by atoms with van der Waals surface area (Å²) in [5, 5.41) is 7.79. The summed E-state index contributed by atoms with van der Waals surface area (Å²) < 4.78 is 0. The van der Waals surface area contributed by atoms with E-state index in [1.54, 1.807) is 11.6 Å². The van der Waals surface area contributed by atoms with Crippen LogP contribution in [0, 0.1) is 0 Å². The maximum atomic E-state index is 12.7. The van der Waals surface area contributed by atoms with Crippen LogP contribution in [0.4, 0.5) is 0 Å². The van der Waals surface area contributed by atoms with Crippen LogP contribution in [0.15, 0.2) is 35.8 Å². The molecule has 1 fully saturated rings. The van der Waals surface area contributed by atoms with Crippen molar-refractivity contribution in [2.45, 2.75) is 6.04 Å². The Morgan fingerprint density at radius 3 is 2.96 bits per heavy atom. The van der Waals surface area contributed by atoms with Crippen molar-refractivity contribution in [2.24, 2.45) is 0 Å². The largest absolute Gasteiger partial charge is 0.360 e. The molecule has 0 spiro atoms.